The fraction of sp³-hybridized carbons (Fsp3) is 0.556. The van der Waals surface area contributed by atoms with Gasteiger partial charge in [0.2, 0.25) is 17.7 Å². The van der Waals surface area contributed by atoms with Crippen molar-refractivity contribution < 1.29 is 23.9 Å². The van der Waals surface area contributed by atoms with Crippen LogP contribution in [0.5, 0.6) is 0 Å². The van der Waals surface area contributed by atoms with Gasteiger partial charge < -0.3 is 10.1 Å². The third-order valence-electron chi connectivity index (χ3n) is 4.62. The Morgan fingerprint density at radius 2 is 1.81 bits per heavy atom. The zero-order valence-electron chi connectivity index (χ0n) is 14.8. The van der Waals surface area contributed by atoms with Crippen molar-refractivity contribution in [2.24, 2.45) is 0 Å². The molecule has 0 saturated carbocycles. The van der Waals surface area contributed by atoms with Crippen LogP contribution in [-0.4, -0.2) is 41.7 Å². The molecule has 2 aliphatic rings. The van der Waals surface area contributed by atoms with Crippen molar-refractivity contribution in [3.05, 3.63) is 16.0 Å². The summed E-state index contributed by atoms with van der Waals surface area (Å²) >= 11 is 1.42. The van der Waals surface area contributed by atoms with Crippen LogP contribution >= 0.6 is 11.3 Å². The van der Waals surface area contributed by atoms with Gasteiger partial charge in [0.15, 0.2) is 0 Å². The van der Waals surface area contributed by atoms with Gasteiger partial charge >= 0.3 is 5.97 Å². The monoisotopic (exact) mass is 378 g/mol. The molecule has 3 rings (SSSR count). The van der Waals surface area contributed by atoms with Gasteiger partial charge in [0.25, 0.3) is 0 Å². The van der Waals surface area contributed by atoms with E-state index in [2.05, 4.69) is 5.32 Å². The molecule has 0 bridgehead atoms. The third-order valence-corrected chi connectivity index (χ3v) is 5.83. The number of anilines is 1. The van der Waals surface area contributed by atoms with Crippen LogP contribution in [-0.2, 0) is 32.0 Å². The Labute approximate surface area is 155 Å². The first kappa shape index (κ1) is 18.6. The van der Waals surface area contributed by atoms with Gasteiger partial charge in [-0.05, 0) is 38.2 Å². The second-order valence-corrected chi connectivity index (χ2v) is 7.48. The number of ether oxygens (including phenoxy) is 1. The quantitative estimate of drug-likeness (QED) is 0.606. The van der Waals surface area contributed by atoms with E-state index in [1.165, 1.54) is 11.3 Å². The summed E-state index contributed by atoms with van der Waals surface area (Å²) in [7, 11) is 0. The zero-order valence-corrected chi connectivity index (χ0v) is 15.6. The molecule has 1 aliphatic heterocycles. The van der Waals surface area contributed by atoms with Crippen molar-refractivity contribution >= 4 is 40.0 Å². The number of amides is 3. The lowest BCUT2D eigenvalue weighted by molar-refractivity contribution is -0.138. The van der Waals surface area contributed by atoms with Crippen LogP contribution in [0.4, 0.5) is 5.00 Å². The molecule has 2 heterocycles. The number of imide groups is 1. The molecule has 8 heteroatoms. The second kappa shape index (κ2) is 7.99. The van der Waals surface area contributed by atoms with E-state index in [0.717, 1.165) is 41.0 Å². The molecule has 0 unspecified atom stereocenters. The van der Waals surface area contributed by atoms with Gasteiger partial charge in [0.1, 0.15) is 5.00 Å². The smallest absolute Gasteiger partial charge is 0.341 e. The SMILES string of the molecule is CCOC(=O)c1c(NC(=O)CCN2C(=O)CCC2=O)sc2c1CCCC2. The van der Waals surface area contributed by atoms with E-state index in [4.69, 9.17) is 4.74 Å². The molecule has 1 aromatic heterocycles. The van der Waals surface area contributed by atoms with Gasteiger partial charge in [-0.15, -0.1) is 11.3 Å². The van der Waals surface area contributed by atoms with Crippen LogP contribution in [0.2, 0.25) is 0 Å². The number of esters is 1. The summed E-state index contributed by atoms with van der Waals surface area (Å²) < 4.78 is 5.16. The molecule has 0 spiro atoms. The summed E-state index contributed by atoms with van der Waals surface area (Å²) in [4.78, 5) is 50.2. The van der Waals surface area contributed by atoms with Crippen molar-refractivity contribution in [1.29, 1.82) is 0 Å². The molecule has 1 aliphatic carbocycles. The molecule has 7 nitrogen and oxygen atoms in total. The van der Waals surface area contributed by atoms with Gasteiger partial charge in [0.05, 0.1) is 12.2 Å². The normalized spacial score (nSPS) is 16.6. The number of hydrogen-bond donors (Lipinski definition) is 1. The maximum absolute atomic E-state index is 12.4. The lowest BCUT2D eigenvalue weighted by Gasteiger charge is -2.14. The molecule has 3 amide bonds. The number of nitrogens with zero attached hydrogens (tertiary/aromatic N) is 1. The number of fused-ring (bicyclic) bond motifs is 1. The summed E-state index contributed by atoms with van der Waals surface area (Å²) in [6.45, 7) is 2.10. The van der Waals surface area contributed by atoms with Crippen molar-refractivity contribution in [2.75, 3.05) is 18.5 Å². The highest BCUT2D eigenvalue weighted by Gasteiger charge is 2.30. The lowest BCUT2D eigenvalue weighted by Crippen LogP contribution is -2.32. The minimum absolute atomic E-state index is 0.0162. The van der Waals surface area contributed by atoms with Gasteiger partial charge in [-0.1, -0.05) is 0 Å². The summed E-state index contributed by atoms with van der Waals surface area (Å²) in [6.07, 6.45) is 4.25. The summed E-state index contributed by atoms with van der Waals surface area (Å²) in [5.74, 6) is -1.20. The minimum Gasteiger partial charge on any atom is -0.462 e. The van der Waals surface area contributed by atoms with E-state index >= 15 is 0 Å². The van der Waals surface area contributed by atoms with E-state index in [9.17, 15) is 19.2 Å². The standard InChI is InChI=1S/C18H22N2O5S/c1-2-25-18(24)16-11-5-3-4-6-12(11)26-17(16)19-13(21)9-10-20-14(22)7-8-15(20)23/h2-10H2,1H3,(H,19,21). The fourth-order valence-electron chi connectivity index (χ4n) is 3.35. The van der Waals surface area contributed by atoms with Crippen molar-refractivity contribution in [3.63, 3.8) is 0 Å². The number of carbonyl (C=O) groups is 4. The molecule has 0 aromatic carbocycles. The summed E-state index contributed by atoms with van der Waals surface area (Å²) in [5.41, 5.74) is 1.45. The number of hydrogen-bond acceptors (Lipinski definition) is 6. The first-order valence-electron chi connectivity index (χ1n) is 8.96. The van der Waals surface area contributed by atoms with E-state index in [1.807, 2.05) is 0 Å². The molecule has 26 heavy (non-hydrogen) atoms. The maximum Gasteiger partial charge on any atom is 0.341 e. The third kappa shape index (κ3) is 3.80. The highest BCUT2D eigenvalue weighted by atomic mass is 32.1. The van der Waals surface area contributed by atoms with Crippen LogP contribution in [0.25, 0.3) is 0 Å². The molecule has 0 radical (unpaired) electrons. The molecular weight excluding hydrogens is 356 g/mol. The average molecular weight is 378 g/mol. The first-order chi connectivity index (χ1) is 12.5. The molecule has 0 atom stereocenters. The van der Waals surface area contributed by atoms with Crippen LogP contribution in [0.1, 0.15) is 59.8 Å². The van der Waals surface area contributed by atoms with Crippen LogP contribution in [0.3, 0.4) is 0 Å². The molecule has 1 N–H and O–H groups in total. The molecule has 1 fully saturated rings. The number of thiophene rings is 1. The van der Waals surface area contributed by atoms with E-state index in [1.54, 1.807) is 6.92 Å². The Bertz CT molecular complexity index is 739. The van der Waals surface area contributed by atoms with E-state index < -0.39 is 5.97 Å². The predicted octanol–water partition coefficient (Wildman–Crippen LogP) is 2.28. The number of carbonyl (C=O) groups excluding carboxylic acids is 4. The largest absolute Gasteiger partial charge is 0.462 e. The summed E-state index contributed by atoms with van der Waals surface area (Å²) in [6, 6.07) is 0. The predicted molar refractivity (Wildman–Crippen MR) is 96.1 cm³/mol. The Kier molecular flexibility index (Phi) is 5.70. The molecular formula is C18H22N2O5S. The van der Waals surface area contributed by atoms with Gasteiger partial charge in [-0.25, -0.2) is 4.79 Å². The lowest BCUT2D eigenvalue weighted by atomic mass is 9.95. The van der Waals surface area contributed by atoms with Crippen LogP contribution < -0.4 is 5.32 Å². The number of nitrogens with one attached hydrogen (secondary N) is 1. The Morgan fingerprint density at radius 1 is 1.12 bits per heavy atom. The Morgan fingerprint density at radius 3 is 2.50 bits per heavy atom. The van der Waals surface area contributed by atoms with Gasteiger partial charge in [-0.2, -0.15) is 0 Å². The van der Waals surface area contributed by atoms with Crippen LogP contribution in [0.15, 0.2) is 0 Å². The second-order valence-electron chi connectivity index (χ2n) is 6.37. The van der Waals surface area contributed by atoms with Crippen molar-refractivity contribution in [1.82, 2.24) is 4.90 Å². The topological polar surface area (TPSA) is 92.8 Å². The number of rotatable bonds is 6. The molecule has 140 valence electrons. The number of aryl methyl sites for hydroxylation is 1. The highest BCUT2D eigenvalue weighted by Crippen LogP contribution is 2.38. The van der Waals surface area contributed by atoms with Gasteiger partial charge in [-0.3, -0.25) is 19.3 Å². The number of likely N-dealkylation sites (tertiary alicyclic amines) is 1. The molecule has 1 saturated heterocycles. The summed E-state index contributed by atoms with van der Waals surface area (Å²) in [5, 5.41) is 3.30. The zero-order chi connectivity index (χ0) is 18.7. The Balaban J connectivity index is 1.71. The van der Waals surface area contributed by atoms with Crippen LogP contribution in [0, 0.1) is 0 Å². The maximum atomic E-state index is 12.4. The fourth-order valence-corrected chi connectivity index (χ4v) is 4.64. The van der Waals surface area contributed by atoms with E-state index in [-0.39, 0.29) is 50.1 Å². The van der Waals surface area contributed by atoms with Crippen molar-refractivity contribution in [3.8, 4) is 0 Å². The van der Waals surface area contributed by atoms with Crippen molar-refractivity contribution in [2.45, 2.75) is 51.9 Å². The highest BCUT2D eigenvalue weighted by molar-refractivity contribution is 7.17. The van der Waals surface area contributed by atoms with Gasteiger partial charge in [0, 0.05) is 30.7 Å². The first-order valence-corrected chi connectivity index (χ1v) is 9.77. The average Bonchev–Trinajstić information content (AvgIpc) is 3.13. The minimum atomic E-state index is -0.410. The Hall–Kier alpha value is -2.22. The van der Waals surface area contributed by atoms with E-state index in [0.29, 0.717) is 10.6 Å². The molecule has 1 aromatic rings.